The molecule has 0 bridgehead atoms. The number of piperidine rings is 1. The molecular weight excluding hydrogens is 324 g/mol. The van der Waals surface area contributed by atoms with E-state index in [0.717, 1.165) is 24.9 Å². The van der Waals surface area contributed by atoms with E-state index < -0.39 is 0 Å². The van der Waals surface area contributed by atoms with Crippen LogP contribution >= 0.6 is 11.6 Å². The minimum Gasteiger partial charge on any atom is -0.349 e. The third-order valence-corrected chi connectivity index (χ3v) is 4.61. The van der Waals surface area contributed by atoms with Crippen LogP contribution < -0.4 is 10.2 Å². The van der Waals surface area contributed by atoms with Crippen molar-refractivity contribution in [3.8, 4) is 0 Å². The van der Waals surface area contributed by atoms with Crippen LogP contribution in [0.2, 0.25) is 5.02 Å². The molecule has 1 N–H and O–H groups in total. The van der Waals surface area contributed by atoms with Crippen LogP contribution in [0.15, 0.2) is 42.7 Å². The number of hydrogen-bond acceptors (Lipinski definition) is 4. The van der Waals surface area contributed by atoms with Crippen LogP contribution in [0.4, 0.5) is 5.95 Å². The molecule has 1 amide bonds. The maximum Gasteiger partial charge on any atom is 0.225 e. The van der Waals surface area contributed by atoms with Crippen molar-refractivity contribution in [3.63, 3.8) is 0 Å². The summed E-state index contributed by atoms with van der Waals surface area (Å²) in [7, 11) is 0. The Labute approximate surface area is 147 Å². The molecule has 1 fully saturated rings. The molecule has 0 saturated carbocycles. The highest BCUT2D eigenvalue weighted by Crippen LogP contribution is 2.22. The van der Waals surface area contributed by atoms with Crippen molar-refractivity contribution in [2.75, 3.05) is 18.0 Å². The van der Waals surface area contributed by atoms with E-state index in [1.807, 2.05) is 31.2 Å². The van der Waals surface area contributed by atoms with Gasteiger partial charge in [-0.25, -0.2) is 9.97 Å². The Morgan fingerprint density at radius 2 is 2.00 bits per heavy atom. The molecule has 6 heteroatoms. The molecule has 24 heavy (non-hydrogen) atoms. The van der Waals surface area contributed by atoms with E-state index >= 15 is 0 Å². The molecule has 1 aliphatic heterocycles. The monoisotopic (exact) mass is 344 g/mol. The molecule has 2 unspecified atom stereocenters. The summed E-state index contributed by atoms with van der Waals surface area (Å²) >= 11 is 5.91. The van der Waals surface area contributed by atoms with E-state index in [4.69, 9.17) is 11.6 Å². The SMILES string of the molecule is CC(NC(=O)C1CCCN(c2ncccn2)C1)c1ccc(Cl)cc1. The standard InChI is InChI=1S/C18H21ClN4O/c1-13(14-5-7-16(19)8-6-14)22-17(24)15-4-2-11-23(12-15)18-20-9-3-10-21-18/h3,5-10,13,15H,2,4,11-12H2,1H3,(H,22,24). The van der Waals surface area contributed by atoms with Gasteiger partial charge in [0.1, 0.15) is 0 Å². The summed E-state index contributed by atoms with van der Waals surface area (Å²) in [6.45, 7) is 3.53. The molecule has 1 aliphatic rings. The number of carbonyl (C=O) groups is 1. The molecule has 126 valence electrons. The first kappa shape index (κ1) is 16.7. The normalized spacial score (nSPS) is 18.9. The predicted molar refractivity (Wildman–Crippen MR) is 95.0 cm³/mol. The van der Waals surface area contributed by atoms with Gasteiger partial charge in [0.15, 0.2) is 0 Å². The number of nitrogens with zero attached hydrogens (tertiary/aromatic N) is 3. The largest absolute Gasteiger partial charge is 0.349 e. The van der Waals surface area contributed by atoms with Crippen LogP contribution in [-0.2, 0) is 4.79 Å². The van der Waals surface area contributed by atoms with E-state index in [0.29, 0.717) is 17.5 Å². The van der Waals surface area contributed by atoms with E-state index in [1.54, 1.807) is 18.5 Å². The highest BCUT2D eigenvalue weighted by atomic mass is 35.5. The fourth-order valence-electron chi connectivity index (χ4n) is 2.99. The second-order valence-electron chi connectivity index (χ2n) is 6.12. The predicted octanol–water partition coefficient (Wildman–Crippen LogP) is 3.22. The zero-order chi connectivity index (χ0) is 16.9. The van der Waals surface area contributed by atoms with Crippen LogP contribution in [0.1, 0.15) is 31.4 Å². The van der Waals surface area contributed by atoms with Gasteiger partial charge in [0, 0.05) is 30.5 Å². The molecular formula is C18H21ClN4O. The smallest absolute Gasteiger partial charge is 0.225 e. The van der Waals surface area contributed by atoms with Crippen LogP contribution in [-0.4, -0.2) is 29.0 Å². The Balaban J connectivity index is 1.61. The number of anilines is 1. The third kappa shape index (κ3) is 4.03. The maximum absolute atomic E-state index is 12.6. The van der Waals surface area contributed by atoms with Gasteiger partial charge in [0.2, 0.25) is 11.9 Å². The van der Waals surface area contributed by atoms with Gasteiger partial charge < -0.3 is 10.2 Å². The van der Waals surface area contributed by atoms with Crippen LogP contribution in [0.3, 0.4) is 0 Å². The van der Waals surface area contributed by atoms with Crippen LogP contribution in [0, 0.1) is 5.92 Å². The lowest BCUT2D eigenvalue weighted by atomic mass is 9.96. The van der Waals surface area contributed by atoms with Gasteiger partial charge in [0.25, 0.3) is 0 Å². The number of benzene rings is 1. The van der Waals surface area contributed by atoms with Gasteiger partial charge in [-0.2, -0.15) is 0 Å². The summed E-state index contributed by atoms with van der Waals surface area (Å²) in [6.07, 6.45) is 5.32. The topological polar surface area (TPSA) is 58.1 Å². The fourth-order valence-corrected chi connectivity index (χ4v) is 3.12. The number of halogens is 1. The fraction of sp³-hybridized carbons (Fsp3) is 0.389. The van der Waals surface area contributed by atoms with Crippen molar-refractivity contribution in [1.29, 1.82) is 0 Å². The lowest BCUT2D eigenvalue weighted by Crippen LogP contribution is -2.44. The van der Waals surface area contributed by atoms with Gasteiger partial charge >= 0.3 is 0 Å². The van der Waals surface area contributed by atoms with Crippen LogP contribution in [0.25, 0.3) is 0 Å². The summed E-state index contributed by atoms with van der Waals surface area (Å²) in [6, 6.07) is 9.32. The van der Waals surface area contributed by atoms with Crippen molar-refractivity contribution in [2.24, 2.45) is 5.92 Å². The van der Waals surface area contributed by atoms with E-state index in [1.165, 1.54) is 0 Å². The quantitative estimate of drug-likeness (QED) is 0.925. The first-order valence-electron chi connectivity index (χ1n) is 8.21. The van der Waals surface area contributed by atoms with Crippen molar-refractivity contribution >= 4 is 23.5 Å². The molecule has 2 aromatic rings. The van der Waals surface area contributed by atoms with Gasteiger partial charge in [-0.15, -0.1) is 0 Å². The summed E-state index contributed by atoms with van der Waals surface area (Å²) in [5.74, 6) is 0.733. The second kappa shape index (κ2) is 7.62. The first-order chi connectivity index (χ1) is 11.6. The molecule has 0 radical (unpaired) electrons. The average Bonchev–Trinajstić information content (AvgIpc) is 2.63. The van der Waals surface area contributed by atoms with E-state index in [-0.39, 0.29) is 17.9 Å². The van der Waals surface area contributed by atoms with E-state index in [2.05, 4.69) is 20.2 Å². The second-order valence-corrected chi connectivity index (χ2v) is 6.55. The lowest BCUT2D eigenvalue weighted by molar-refractivity contribution is -0.125. The van der Waals surface area contributed by atoms with Crippen molar-refractivity contribution in [2.45, 2.75) is 25.8 Å². The lowest BCUT2D eigenvalue weighted by Gasteiger charge is -2.32. The minimum atomic E-state index is -0.0442. The molecule has 2 atom stereocenters. The van der Waals surface area contributed by atoms with E-state index in [9.17, 15) is 4.79 Å². The van der Waals surface area contributed by atoms with Crippen molar-refractivity contribution in [3.05, 3.63) is 53.3 Å². The first-order valence-corrected chi connectivity index (χ1v) is 8.59. The Morgan fingerprint density at radius 3 is 2.71 bits per heavy atom. The van der Waals surface area contributed by atoms with Crippen molar-refractivity contribution < 1.29 is 4.79 Å². The summed E-state index contributed by atoms with van der Waals surface area (Å²) in [5, 5.41) is 3.81. The number of hydrogen-bond donors (Lipinski definition) is 1. The number of aromatic nitrogens is 2. The summed E-state index contributed by atoms with van der Waals surface area (Å²) < 4.78 is 0. The number of carbonyl (C=O) groups excluding carboxylic acids is 1. The molecule has 1 aromatic carbocycles. The maximum atomic E-state index is 12.6. The van der Waals surface area contributed by atoms with Gasteiger partial charge in [-0.05, 0) is 43.5 Å². The molecule has 0 aliphatic carbocycles. The van der Waals surface area contributed by atoms with Crippen LogP contribution in [0.5, 0.6) is 0 Å². The van der Waals surface area contributed by atoms with Gasteiger partial charge in [0.05, 0.1) is 12.0 Å². The third-order valence-electron chi connectivity index (χ3n) is 4.36. The summed E-state index contributed by atoms with van der Waals surface area (Å²) in [4.78, 5) is 23.3. The van der Waals surface area contributed by atoms with Crippen molar-refractivity contribution in [1.82, 2.24) is 15.3 Å². The molecule has 2 heterocycles. The Morgan fingerprint density at radius 1 is 1.29 bits per heavy atom. The highest BCUT2D eigenvalue weighted by molar-refractivity contribution is 6.30. The van der Waals surface area contributed by atoms with Gasteiger partial charge in [-0.1, -0.05) is 23.7 Å². The zero-order valence-electron chi connectivity index (χ0n) is 13.7. The highest BCUT2D eigenvalue weighted by Gasteiger charge is 2.27. The molecule has 5 nitrogen and oxygen atoms in total. The minimum absolute atomic E-state index is 0.0434. The number of nitrogens with one attached hydrogen (secondary N) is 1. The number of rotatable bonds is 4. The molecule has 1 aromatic heterocycles. The average molecular weight is 345 g/mol. The zero-order valence-corrected chi connectivity index (χ0v) is 14.4. The molecule has 0 spiro atoms. The number of amides is 1. The Hall–Kier alpha value is -2.14. The molecule has 3 rings (SSSR count). The Kier molecular flexibility index (Phi) is 5.30. The summed E-state index contributed by atoms with van der Waals surface area (Å²) in [5.41, 5.74) is 1.05. The Bertz CT molecular complexity index is 677. The molecule has 1 saturated heterocycles. The van der Waals surface area contributed by atoms with Gasteiger partial charge in [-0.3, -0.25) is 4.79 Å².